The minimum absolute atomic E-state index is 0.766. The SMILES string of the molecule is CC(C)(CF)OC([NH])=O. The Balaban J connectivity index is 3.71. The zero-order chi connectivity index (χ0) is 7.49. The lowest BCUT2D eigenvalue weighted by atomic mass is 10.2. The molecule has 0 aromatic carbocycles. The van der Waals surface area contributed by atoms with Crippen LogP contribution in [0.1, 0.15) is 13.8 Å². The van der Waals surface area contributed by atoms with Crippen molar-refractivity contribution in [2.75, 3.05) is 6.67 Å². The number of ether oxygens (including phenoxy) is 1. The smallest absolute Gasteiger partial charge is 0.426 e. The summed E-state index contributed by atoms with van der Waals surface area (Å²) < 4.78 is 16.0. The zero-order valence-electron chi connectivity index (χ0n) is 5.40. The Bertz CT molecular complexity index is 114. The Morgan fingerprint density at radius 1 is 1.78 bits per heavy atom. The van der Waals surface area contributed by atoms with Crippen molar-refractivity contribution < 1.29 is 13.9 Å². The summed E-state index contributed by atoms with van der Waals surface area (Å²) in [5.74, 6) is 0. The first-order valence-corrected chi connectivity index (χ1v) is 2.48. The molecule has 0 heterocycles. The van der Waals surface area contributed by atoms with Gasteiger partial charge in [-0.25, -0.2) is 14.9 Å². The van der Waals surface area contributed by atoms with Gasteiger partial charge in [-0.2, -0.15) is 0 Å². The van der Waals surface area contributed by atoms with E-state index in [1.165, 1.54) is 13.8 Å². The van der Waals surface area contributed by atoms with Crippen LogP contribution in [-0.2, 0) is 4.74 Å². The molecular weight excluding hydrogens is 125 g/mol. The molecular formula is C5H9FNO2. The molecule has 0 aromatic heterocycles. The van der Waals surface area contributed by atoms with Crippen molar-refractivity contribution in [3.05, 3.63) is 0 Å². The standard InChI is InChI=1S/C5H9FNO2/c1-5(2,3-6)9-4(7)8/h7H,3H2,1-2H3. The molecule has 0 saturated carbocycles. The highest BCUT2D eigenvalue weighted by Gasteiger charge is 2.20. The van der Waals surface area contributed by atoms with Crippen LogP contribution in [0.2, 0.25) is 0 Å². The maximum absolute atomic E-state index is 11.8. The largest absolute Gasteiger partial charge is 0.440 e. The topological polar surface area (TPSA) is 50.1 Å². The highest BCUT2D eigenvalue weighted by atomic mass is 19.1. The fourth-order valence-electron chi connectivity index (χ4n) is 0.278. The Morgan fingerprint density at radius 3 is 2.33 bits per heavy atom. The van der Waals surface area contributed by atoms with E-state index in [1.807, 2.05) is 0 Å². The summed E-state index contributed by atoms with van der Waals surface area (Å²) in [6, 6.07) is 0. The number of hydrogen-bond donors (Lipinski definition) is 0. The molecule has 0 aliphatic carbocycles. The second-order valence-electron chi connectivity index (χ2n) is 2.28. The molecule has 0 bridgehead atoms. The van der Waals surface area contributed by atoms with Gasteiger partial charge in [0.05, 0.1) is 0 Å². The summed E-state index contributed by atoms with van der Waals surface area (Å²) in [4.78, 5) is 9.90. The molecule has 0 aliphatic rings. The van der Waals surface area contributed by atoms with Crippen LogP contribution < -0.4 is 5.73 Å². The summed E-state index contributed by atoms with van der Waals surface area (Å²) in [6.45, 7) is 2.04. The lowest BCUT2D eigenvalue weighted by Gasteiger charge is -2.18. The third-order valence-corrected chi connectivity index (χ3v) is 0.691. The van der Waals surface area contributed by atoms with E-state index < -0.39 is 18.4 Å². The van der Waals surface area contributed by atoms with Crippen molar-refractivity contribution in [1.82, 2.24) is 5.73 Å². The monoisotopic (exact) mass is 134 g/mol. The maximum Gasteiger partial charge on any atom is 0.426 e. The summed E-state index contributed by atoms with van der Waals surface area (Å²) in [5.41, 5.74) is 5.17. The third kappa shape index (κ3) is 3.76. The summed E-state index contributed by atoms with van der Waals surface area (Å²) in [5, 5.41) is 0. The Hall–Kier alpha value is -0.800. The number of rotatable bonds is 2. The van der Waals surface area contributed by atoms with Crippen molar-refractivity contribution in [1.29, 1.82) is 0 Å². The minimum Gasteiger partial charge on any atom is -0.440 e. The van der Waals surface area contributed by atoms with Crippen LogP contribution >= 0.6 is 0 Å². The van der Waals surface area contributed by atoms with Gasteiger partial charge in [-0.1, -0.05) is 0 Å². The lowest BCUT2D eigenvalue weighted by molar-refractivity contribution is 0.0254. The Morgan fingerprint density at radius 2 is 2.22 bits per heavy atom. The fraction of sp³-hybridized carbons (Fsp3) is 0.800. The van der Waals surface area contributed by atoms with Gasteiger partial charge in [0.25, 0.3) is 0 Å². The van der Waals surface area contributed by atoms with Crippen LogP contribution in [0.5, 0.6) is 0 Å². The molecule has 4 heteroatoms. The molecule has 0 rings (SSSR count). The van der Waals surface area contributed by atoms with Gasteiger partial charge in [0.1, 0.15) is 12.3 Å². The molecule has 0 fully saturated rings. The van der Waals surface area contributed by atoms with Crippen LogP contribution in [0.15, 0.2) is 0 Å². The molecule has 1 radical (unpaired) electrons. The molecule has 0 aromatic rings. The Labute approximate surface area is 53.0 Å². The van der Waals surface area contributed by atoms with Crippen molar-refractivity contribution in [3.8, 4) is 0 Å². The number of amides is 1. The van der Waals surface area contributed by atoms with E-state index >= 15 is 0 Å². The minimum atomic E-state index is -1.20. The molecule has 3 nitrogen and oxygen atoms in total. The van der Waals surface area contributed by atoms with E-state index in [4.69, 9.17) is 5.73 Å². The van der Waals surface area contributed by atoms with Gasteiger partial charge in [0.2, 0.25) is 0 Å². The highest BCUT2D eigenvalue weighted by Crippen LogP contribution is 2.08. The molecule has 0 saturated heterocycles. The zero-order valence-corrected chi connectivity index (χ0v) is 5.40. The van der Waals surface area contributed by atoms with E-state index in [1.54, 1.807) is 0 Å². The fourth-order valence-corrected chi connectivity index (χ4v) is 0.278. The van der Waals surface area contributed by atoms with Gasteiger partial charge >= 0.3 is 6.09 Å². The quantitative estimate of drug-likeness (QED) is 0.568. The molecule has 0 unspecified atom stereocenters. The first-order valence-electron chi connectivity index (χ1n) is 2.48. The van der Waals surface area contributed by atoms with Gasteiger partial charge in [0.15, 0.2) is 0 Å². The normalized spacial score (nSPS) is 11.0. The molecule has 9 heavy (non-hydrogen) atoms. The highest BCUT2D eigenvalue weighted by molar-refractivity contribution is 5.64. The van der Waals surface area contributed by atoms with E-state index in [0.29, 0.717) is 0 Å². The van der Waals surface area contributed by atoms with Gasteiger partial charge in [-0.3, -0.25) is 0 Å². The first-order chi connectivity index (χ1) is 3.98. The summed E-state index contributed by atoms with van der Waals surface area (Å²) in [7, 11) is 0. The van der Waals surface area contributed by atoms with Crippen LogP contribution in [-0.4, -0.2) is 18.4 Å². The van der Waals surface area contributed by atoms with Crippen LogP contribution in [0.25, 0.3) is 0 Å². The number of nitrogens with one attached hydrogen (secondary N) is 1. The van der Waals surface area contributed by atoms with E-state index in [0.717, 1.165) is 0 Å². The second-order valence-corrected chi connectivity index (χ2v) is 2.28. The number of halogens is 1. The molecule has 1 N–H and O–H groups in total. The van der Waals surface area contributed by atoms with Crippen molar-refractivity contribution in [3.63, 3.8) is 0 Å². The molecule has 0 spiro atoms. The van der Waals surface area contributed by atoms with Gasteiger partial charge < -0.3 is 4.74 Å². The van der Waals surface area contributed by atoms with Crippen molar-refractivity contribution in [2.45, 2.75) is 19.4 Å². The molecule has 0 atom stereocenters. The predicted octanol–water partition coefficient (Wildman–Crippen LogP) is 1.15. The average molecular weight is 134 g/mol. The molecule has 0 aliphatic heterocycles. The maximum atomic E-state index is 11.8. The van der Waals surface area contributed by atoms with E-state index in [2.05, 4.69) is 4.74 Å². The predicted molar refractivity (Wildman–Crippen MR) is 29.6 cm³/mol. The van der Waals surface area contributed by atoms with Gasteiger partial charge in [-0.05, 0) is 13.8 Å². The number of carbonyl (C=O) groups is 1. The number of hydrogen-bond acceptors (Lipinski definition) is 2. The Kier molecular flexibility index (Phi) is 2.42. The van der Waals surface area contributed by atoms with E-state index in [9.17, 15) is 9.18 Å². The van der Waals surface area contributed by atoms with Crippen LogP contribution in [0.4, 0.5) is 9.18 Å². The number of alkyl halides is 1. The van der Waals surface area contributed by atoms with Crippen molar-refractivity contribution in [2.24, 2.45) is 0 Å². The lowest BCUT2D eigenvalue weighted by Crippen LogP contribution is -2.29. The third-order valence-electron chi connectivity index (χ3n) is 0.691. The molecule has 53 valence electrons. The van der Waals surface area contributed by atoms with Gasteiger partial charge in [0, 0.05) is 0 Å². The van der Waals surface area contributed by atoms with E-state index in [-0.39, 0.29) is 0 Å². The molecule has 1 amide bonds. The number of carbonyl (C=O) groups excluding carboxylic acids is 1. The summed E-state index contributed by atoms with van der Waals surface area (Å²) >= 11 is 0. The van der Waals surface area contributed by atoms with Crippen molar-refractivity contribution >= 4 is 6.09 Å². The van der Waals surface area contributed by atoms with Crippen LogP contribution in [0, 0.1) is 0 Å². The van der Waals surface area contributed by atoms with Gasteiger partial charge in [-0.15, -0.1) is 0 Å². The van der Waals surface area contributed by atoms with Crippen LogP contribution in [0.3, 0.4) is 0 Å². The first kappa shape index (κ1) is 8.20. The average Bonchev–Trinajstić information content (AvgIpc) is 1.63. The second kappa shape index (κ2) is 2.66. The summed E-state index contributed by atoms with van der Waals surface area (Å²) in [6.07, 6.45) is -1.20.